The van der Waals surface area contributed by atoms with E-state index in [-0.39, 0.29) is 0 Å². The predicted octanol–water partition coefficient (Wildman–Crippen LogP) is 5.26. The van der Waals surface area contributed by atoms with Gasteiger partial charge in [0.15, 0.2) is 0 Å². The fraction of sp³-hybridized carbons (Fsp3) is 0.529. The fourth-order valence-electron chi connectivity index (χ4n) is 3.27. The molecule has 0 saturated heterocycles. The maximum Gasteiger partial charge on any atom is 0.0465 e. The Kier molecular flexibility index (Phi) is 4.92. The highest BCUT2D eigenvalue weighted by atomic mass is 32.1. The minimum Gasteiger partial charge on any atom is -0.306 e. The van der Waals surface area contributed by atoms with E-state index in [1.807, 2.05) is 22.7 Å². The molecule has 0 amide bonds. The van der Waals surface area contributed by atoms with E-state index in [2.05, 4.69) is 47.3 Å². The van der Waals surface area contributed by atoms with Gasteiger partial charge in [0, 0.05) is 28.3 Å². The van der Waals surface area contributed by atoms with Gasteiger partial charge in [0.1, 0.15) is 0 Å². The van der Waals surface area contributed by atoms with Gasteiger partial charge in [0.2, 0.25) is 0 Å². The molecular formula is C17H23NS2. The van der Waals surface area contributed by atoms with Gasteiger partial charge in [-0.25, -0.2) is 0 Å². The van der Waals surface area contributed by atoms with E-state index in [1.165, 1.54) is 35.4 Å². The second-order valence-corrected chi connectivity index (χ2v) is 7.86. The Balaban J connectivity index is 1.68. The fourth-order valence-corrected chi connectivity index (χ4v) is 4.81. The zero-order chi connectivity index (χ0) is 13.8. The average Bonchev–Trinajstić information content (AvgIpc) is 3.20. The number of rotatable bonds is 6. The lowest BCUT2D eigenvalue weighted by Gasteiger charge is -2.26. The summed E-state index contributed by atoms with van der Waals surface area (Å²) < 4.78 is 0. The van der Waals surface area contributed by atoms with E-state index >= 15 is 0 Å². The molecule has 0 aliphatic heterocycles. The van der Waals surface area contributed by atoms with Crippen LogP contribution in [0.1, 0.15) is 48.4 Å². The molecule has 1 aliphatic carbocycles. The third-order valence-corrected chi connectivity index (χ3v) is 6.33. The second-order valence-electron chi connectivity index (χ2n) is 5.85. The largest absolute Gasteiger partial charge is 0.306 e. The molecule has 1 unspecified atom stereocenters. The lowest BCUT2D eigenvalue weighted by molar-refractivity contribution is 0.344. The summed E-state index contributed by atoms with van der Waals surface area (Å²) in [6.07, 6.45) is 6.78. The Morgan fingerprint density at radius 3 is 2.55 bits per heavy atom. The smallest absolute Gasteiger partial charge is 0.0465 e. The zero-order valence-electron chi connectivity index (χ0n) is 12.0. The monoisotopic (exact) mass is 305 g/mol. The molecule has 1 fully saturated rings. The Bertz CT molecular complexity index is 483. The first-order chi connectivity index (χ1) is 9.83. The van der Waals surface area contributed by atoms with Crippen LogP contribution < -0.4 is 5.32 Å². The highest BCUT2D eigenvalue weighted by Gasteiger charge is 2.24. The van der Waals surface area contributed by atoms with E-state index in [0.29, 0.717) is 12.1 Å². The van der Waals surface area contributed by atoms with Crippen LogP contribution in [0.4, 0.5) is 0 Å². The highest BCUT2D eigenvalue weighted by Crippen LogP contribution is 2.31. The maximum absolute atomic E-state index is 3.92. The van der Waals surface area contributed by atoms with Crippen molar-refractivity contribution in [3.05, 3.63) is 44.8 Å². The van der Waals surface area contributed by atoms with Gasteiger partial charge >= 0.3 is 0 Å². The minimum atomic E-state index is 0.476. The molecule has 2 heterocycles. The summed E-state index contributed by atoms with van der Waals surface area (Å²) in [6.45, 7) is 2.38. The quantitative estimate of drug-likeness (QED) is 0.767. The van der Waals surface area contributed by atoms with Crippen LogP contribution in [0, 0.1) is 5.92 Å². The normalized spacial score (nSPS) is 19.2. The first-order valence-electron chi connectivity index (χ1n) is 7.65. The van der Waals surface area contributed by atoms with Gasteiger partial charge in [-0.15, -0.1) is 22.7 Å². The van der Waals surface area contributed by atoms with Crippen molar-refractivity contribution in [3.8, 4) is 0 Å². The number of nitrogens with one attached hydrogen (secondary N) is 1. The molecule has 1 saturated carbocycles. The molecule has 3 rings (SSSR count). The van der Waals surface area contributed by atoms with Crippen LogP contribution >= 0.6 is 22.7 Å². The molecule has 2 aromatic rings. The van der Waals surface area contributed by atoms with Crippen LogP contribution in [-0.4, -0.2) is 6.04 Å². The minimum absolute atomic E-state index is 0.476. The number of hydrogen-bond donors (Lipinski definition) is 1. The molecule has 108 valence electrons. The summed E-state index contributed by atoms with van der Waals surface area (Å²) in [5.74, 6) is 0.876. The number of thiophene rings is 2. The molecule has 0 bridgehead atoms. The molecular weight excluding hydrogens is 282 g/mol. The molecule has 0 spiro atoms. The molecule has 1 aliphatic rings. The third-order valence-electron chi connectivity index (χ3n) is 4.44. The highest BCUT2D eigenvalue weighted by molar-refractivity contribution is 7.10. The van der Waals surface area contributed by atoms with Crippen LogP contribution in [0.5, 0.6) is 0 Å². The van der Waals surface area contributed by atoms with Crippen molar-refractivity contribution in [2.24, 2.45) is 5.92 Å². The molecule has 20 heavy (non-hydrogen) atoms. The standard InChI is InChI=1S/C17H23NS2/c1-13(14-6-2-3-7-14)18-16(17-9-5-11-20-17)12-15-8-4-10-19-15/h4-5,8-11,13-14,16,18H,2-3,6-7,12H2,1H3/t13-,16?/m1/s1. The van der Waals surface area contributed by atoms with Crippen molar-refractivity contribution in [1.29, 1.82) is 0 Å². The Labute approximate surface area is 130 Å². The Hall–Kier alpha value is -0.640. The van der Waals surface area contributed by atoms with Gasteiger partial charge in [-0.2, -0.15) is 0 Å². The van der Waals surface area contributed by atoms with E-state index in [9.17, 15) is 0 Å². The molecule has 0 aromatic carbocycles. The summed E-state index contributed by atoms with van der Waals surface area (Å²) >= 11 is 3.75. The van der Waals surface area contributed by atoms with Gasteiger partial charge in [-0.1, -0.05) is 25.0 Å². The molecule has 1 nitrogen and oxygen atoms in total. The van der Waals surface area contributed by atoms with Crippen LogP contribution in [0.15, 0.2) is 35.0 Å². The van der Waals surface area contributed by atoms with Gasteiger partial charge < -0.3 is 5.32 Å². The van der Waals surface area contributed by atoms with Crippen molar-refractivity contribution >= 4 is 22.7 Å². The van der Waals surface area contributed by atoms with Gasteiger partial charge in [-0.3, -0.25) is 0 Å². The Morgan fingerprint density at radius 1 is 1.15 bits per heavy atom. The first-order valence-corrected chi connectivity index (χ1v) is 9.40. The van der Waals surface area contributed by atoms with Gasteiger partial charge in [0.25, 0.3) is 0 Å². The van der Waals surface area contributed by atoms with Crippen LogP contribution in [-0.2, 0) is 6.42 Å². The van der Waals surface area contributed by atoms with E-state index in [4.69, 9.17) is 0 Å². The SMILES string of the molecule is C[C@@H](NC(Cc1cccs1)c1cccs1)C1CCCC1. The van der Waals surface area contributed by atoms with E-state index in [1.54, 1.807) is 0 Å². The molecule has 2 aromatic heterocycles. The lowest BCUT2D eigenvalue weighted by Crippen LogP contribution is -2.36. The van der Waals surface area contributed by atoms with Crippen LogP contribution in [0.25, 0.3) is 0 Å². The van der Waals surface area contributed by atoms with Crippen molar-refractivity contribution in [3.63, 3.8) is 0 Å². The Morgan fingerprint density at radius 2 is 1.90 bits per heavy atom. The summed E-state index contributed by atoms with van der Waals surface area (Å²) in [7, 11) is 0. The summed E-state index contributed by atoms with van der Waals surface area (Å²) in [5.41, 5.74) is 0. The second kappa shape index (κ2) is 6.88. The van der Waals surface area contributed by atoms with Crippen molar-refractivity contribution in [2.45, 2.75) is 51.1 Å². The maximum atomic E-state index is 3.92. The lowest BCUT2D eigenvalue weighted by atomic mass is 9.98. The topological polar surface area (TPSA) is 12.0 Å². The molecule has 2 atom stereocenters. The van der Waals surface area contributed by atoms with Gasteiger partial charge in [0.05, 0.1) is 0 Å². The predicted molar refractivity (Wildman–Crippen MR) is 89.6 cm³/mol. The van der Waals surface area contributed by atoms with Crippen molar-refractivity contribution in [1.82, 2.24) is 5.32 Å². The van der Waals surface area contributed by atoms with Crippen molar-refractivity contribution in [2.75, 3.05) is 0 Å². The third kappa shape index (κ3) is 3.51. The average molecular weight is 306 g/mol. The summed E-state index contributed by atoms with van der Waals surface area (Å²) in [5, 5.41) is 8.29. The van der Waals surface area contributed by atoms with E-state index in [0.717, 1.165) is 12.3 Å². The summed E-state index contributed by atoms with van der Waals surface area (Å²) in [6, 6.07) is 9.97. The number of hydrogen-bond acceptors (Lipinski definition) is 3. The first kappa shape index (κ1) is 14.3. The summed E-state index contributed by atoms with van der Waals surface area (Å²) in [4.78, 5) is 2.96. The van der Waals surface area contributed by atoms with Crippen molar-refractivity contribution < 1.29 is 0 Å². The molecule has 1 N–H and O–H groups in total. The van der Waals surface area contributed by atoms with Gasteiger partial charge in [-0.05, 0) is 48.6 Å². The van der Waals surface area contributed by atoms with Crippen LogP contribution in [0.3, 0.4) is 0 Å². The van der Waals surface area contributed by atoms with Crippen LogP contribution in [0.2, 0.25) is 0 Å². The molecule has 3 heteroatoms. The zero-order valence-corrected chi connectivity index (χ0v) is 13.7. The molecule has 0 radical (unpaired) electrons. The van der Waals surface area contributed by atoms with E-state index < -0.39 is 0 Å².